The lowest BCUT2D eigenvalue weighted by atomic mass is 10.2. The fraction of sp³-hybridized carbons (Fsp3) is 0.100. The summed E-state index contributed by atoms with van der Waals surface area (Å²) in [7, 11) is 1.62. The number of methoxy groups -OCH3 is 1. The lowest BCUT2D eigenvalue weighted by Crippen LogP contribution is -2.27. The summed E-state index contributed by atoms with van der Waals surface area (Å²) in [4.78, 5) is 14.5. The van der Waals surface area contributed by atoms with Gasteiger partial charge in [-0.25, -0.2) is 0 Å². The van der Waals surface area contributed by atoms with Crippen LogP contribution in [0.2, 0.25) is 0 Å². The molecule has 6 heteroatoms. The van der Waals surface area contributed by atoms with E-state index in [9.17, 15) is 4.79 Å². The van der Waals surface area contributed by atoms with Crippen LogP contribution in [0.1, 0.15) is 5.56 Å². The number of nitrogens with zero attached hydrogens (tertiary/aromatic N) is 1. The molecule has 0 aromatic heterocycles. The van der Waals surface area contributed by atoms with Crippen molar-refractivity contribution in [3.05, 3.63) is 71.7 Å². The number of thioether (sulfide) groups is 1. The highest BCUT2D eigenvalue weighted by Gasteiger charge is 2.30. The molecule has 1 aliphatic rings. The third kappa shape index (κ3) is 4.15. The minimum Gasteiger partial charge on any atom is -0.497 e. The molecule has 1 fully saturated rings. The van der Waals surface area contributed by atoms with Crippen LogP contribution in [0, 0.1) is 0 Å². The first-order valence-corrected chi connectivity index (χ1v) is 9.11. The highest BCUT2D eigenvalue weighted by Crippen LogP contribution is 2.33. The summed E-state index contributed by atoms with van der Waals surface area (Å²) in [5, 5.41) is 0. The van der Waals surface area contributed by atoms with E-state index in [-0.39, 0.29) is 5.91 Å². The lowest BCUT2D eigenvalue weighted by Gasteiger charge is -2.10. The molecule has 2 aromatic carbocycles. The third-order valence-corrected chi connectivity index (χ3v) is 5.01. The first kappa shape index (κ1) is 18.2. The first-order valence-electron chi connectivity index (χ1n) is 7.89. The Labute approximate surface area is 162 Å². The molecule has 0 radical (unpaired) electrons. The molecule has 0 N–H and O–H groups in total. The van der Waals surface area contributed by atoms with Crippen molar-refractivity contribution in [3.63, 3.8) is 0 Å². The van der Waals surface area contributed by atoms with Crippen molar-refractivity contribution in [2.45, 2.75) is 0 Å². The molecular weight excluding hydrogens is 366 g/mol. The topological polar surface area (TPSA) is 38.8 Å². The van der Waals surface area contributed by atoms with Crippen molar-refractivity contribution >= 4 is 40.3 Å². The van der Waals surface area contributed by atoms with E-state index >= 15 is 0 Å². The van der Waals surface area contributed by atoms with Crippen molar-refractivity contribution in [1.29, 1.82) is 0 Å². The Morgan fingerprint density at radius 1 is 1.15 bits per heavy atom. The summed E-state index contributed by atoms with van der Waals surface area (Å²) in [5.41, 5.74) is 0.870. The normalized spacial score (nSPS) is 15.4. The average Bonchev–Trinajstić information content (AvgIpc) is 2.90. The van der Waals surface area contributed by atoms with Crippen molar-refractivity contribution < 1.29 is 14.3 Å². The maximum Gasteiger partial charge on any atom is 0.266 e. The van der Waals surface area contributed by atoms with E-state index in [1.165, 1.54) is 16.7 Å². The highest BCUT2D eigenvalue weighted by atomic mass is 32.2. The van der Waals surface area contributed by atoms with Crippen LogP contribution in [0.3, 0.4) is 0 Å². The molecule has 1 aliphatic heterocycles. The van der Waals surface area contributed by atoms with Crippen LogP contribution in [-0.2, 0) is 4.79 Å². The number of amides is 1. The van der Waals surface area contributed by atoms with Gasteiger partial charge in [0.25, 0.3) is 5.91 Å². The smallest absolute Gasteiger partial charge is 0.266 e. The summed E-state index contributed by atoms with van der Waals surface area (Å²) in [6.45, 7) is 4.08. The van der Waals surface area contributed by atoms with E-state index in [2.05, 4.69) is 6.58 Å². The molecular formula is C20H17NO3S2. The van der Waals surface area contributed by atoms with Crippen LogP contribution >= 0.6 is 24.0 Å². The number of rotatable bonds is 6. The van der Waals surface area contributed by atoms with Crippen LogP contribution in [0.4, 0.5) is 0 Å². The maximum atomic E-state index is 12.4. The van der Waals surface area contributed by atoms with Crippen LogP contribution in [0.5, 0.6) is 17.2 Å². The summed E-state index contributed by atoms with van der Waals surface area (Å²) < 4.78 is 11.6. The zero-order chi connectivity index (χ0) is 18.5. The molecule has 0 saturated carbocycles. The Balaban J connectivity index is 1.77. The van der Waals surface area contributed by atoms with Gasteiger partial charge in [0.15, 0.2) is 0 Å². The van der Waals surface area contributed by atoms with Crippen LogP contribution in [0.15, 0.2) is 66.1 Å². The van der Waals surface area contributed by atoms with Crippen LogP contribution in [-0.4, -0.2) is 28.8 Å². The van der Waals surface area contributed by atoms with Gasteiger partial charge in [-0.3, -0.25) is 9.69 Å². The molecule has 1 amide bonds. The van der Waals surface area contributed by atoms with Gasteiger partial charge in [-0.05, 0) is 48.0 Å². The molecule has 0 spiro atoms. The SMILES string of the molecule is C=CCN1C(=O)C(=Cc2cccc(Oc3ccc(OC)cc3)c2)SC1=S. The Morgan fingerprint density at radius 2 is 1.88 bits per heavy atom. The maximum absolute atomic E-state index is 12.4. The molecule has 26 heavy (non-hydrogen) atoms. The van der Waals surface area contributed by atoms with E-state index in [1.54, 1.807) is 13.2 Å². The van der Waals surface area contributed by atoms with Crippen LogP contribution < -0.4 is 9.47 Å². The fourth-order valence-corrected chi connectivity index (χ4v) is 3.66. The van der Waals surface area contributed by atoms with Gasteiger partial charge >= 0.3 is 0 Å². The Hall–Kier alpha value is -2.57. The second-order valence-electron chi connectivity index (χ2n) is 5.43. The third-order valence-electron chi connectivity index (χ3n) is 3.64. The Bertz CT molecular complexity index is 875. The minimum atomic E-state index is -0.0959. The molecule has 4 nitrogen and oxygen atoms in total. The number of thiocarbonyl (C=S) groups is 1. The zero-order valence-electron chi connectivity index (χ0n) is 14.2. The van der Waals surface area contributed by atoms with Crippen molar-refractivity contribution in [2.75, 3.05) is 13.7 Å². The van der Waals surface area contributed by atoms with E-state index in [4.69, 9.17) is 21.7 Å². The molecule has 0 bridgehead atoms. The van der Waals surface area contributed by atoms with Gasteiger partial charge in [-0.1, -0.05) is 42.2 Å². The molecule has 0 aliphatic carbocycles. The number of ether oxygens (including phenoxy) is 2. The largest absolute Gasteiger partial charge is 0.497 e. The number of carbonyl (C=O) groups excluding carboxylic acids is 1. The standard InChI is InChI=1S/C20H17NO3S2/c1-3-11-21-19(22)18(26-20(21)25)13-14-5-4-6-17(12-14)24-16-9-7-15(23-2)8-10-16/h3-10,12-13H,1,11H2,2H3. The Kier molecular flexibility index (Phi) is 5.75. The predicted octanol–water partition coefficient (Wildman–Crippen LogP) is 4.87. The number of carbonyl (C=O) groups is 1. The van der Waals surface area contributed by atoms with Gasteiger partial charge in [0, 0.05) is 6.54 Å². The van der Waals surface area contributed by atoms with Gasteiger partial charge < -0.3 is 9.47 Å². The molecule has 2 aromatic rings. The van der Waals surface area contributed by atoms with Gasteiger partial charge in [0.05, 0.1) is 12.0 Å². The van der Waals surface area contributed by atoms with Gasteiger partial charge in [-0.2, -0.15) is 0 Å². The summed E-state index contributed by atoms with van der Waals surface area (Å²) in [6.07, 6.45) is 3.49. The fourth-order valence-electron chi connectivity index (χ4n) is 2.39. The van der Waals surface area contributed by atoms with Gasteiger partial charge in [0.2, 0.25) is 0 Å². The molecule has 1 saturated heterocycles. The van der Waals surface area contributed by atoms with Gasteiger partial charge in [-0.15, -0.1) is 6.58 Å². The number of benzene rings is 2. The number of hydrogen-bond acceptors (Lipinski definition) is 5. The monoisotopic (exact) mass is 383 g/mol. The Morgan fingerprint density at radius 3 is 2.58 bits per heavy atom. The van der Waals surface area contributed by atoms with E-state index in [0.717, 1.165) is 11.3 Å². The molecule has 132 valence electrons. The molecule has 0 atom stereocenters. The van der Waals surface area contributed by atoms with Gasteiger partial charge in [0.1, 0.15) is 21.6 Å². The lowest BCUT2D eigenvalue weighted by molar-refractivity contribution is -0.121. The molecule has 1 heterocycles. The summed E-state index contributed by atoms with van der Waals surface area (Å²) in [6, 6.07) is 14.9. The van der Waals surface area contributed by atoms with Crippen molar-refractivity contribution in [3.8, 4) is 17.2 Å². The van der Waals surface area contributed by atoms with Crippen molar-refractivity contribution in [2.24, 2.45) is 0 Å². The van der Waals surface area contributed by atoms with E-state index in [0.29, 0.717) is 27.3 Å². The highest BCUT2D eigenvalue weighted by molar-refractivity contribution is 8.26. The van der Waals surface area contributed by atoms with E-state index in [1.807, 2.05) is 54.6 Å². The second-order valence-corrected chi connectivity index (χ2v) is 7.11. The van der Waals surface area contributed by atoms with Crippen molar-refractivity contribution in [1.82, 2.24) is 4.90 Å². The first-order chi connectivity index (χ1) is 12.6. The zero-order valence-corrected chi connectivity index (χ0v) is 15.8. The summed E-state index contributed by atoms with van der Waals surface area (Å²) >= 11 is 6.55. The molecule has 0 unspecified atom stereocenters. The summed E-state index contributed by atoms with van der Waals surface area (Å²) in [5.74, 6) is 2.07. The molecule has 3 rings (SSSR count). The minimum absolute atomic E-state index is 0.0959. The average molecular weight is 383 g/mol. The van der Waals surface area contributed by atoms with E-state index < -0.39 is 0 Å². The van der Waals surface area contributed by atoms with Crippen LogP contribution in [0.25, 0.3) is 6.08 Å². The predicted molar refractivity (Wildman–Crippen MR) is 110 cm³/mol. The quantitative estimate of drug-likeness (QED) is 0.404. The number of hydrogen-bond donors (Lipinski definition) is 0. The second kappa shape index (κ2) is 8.21.